The Morgan fingerprint density at radius 1 is 1.19 bits per heavy atom. The van der Waals surface area contributed by atoms with Crippen LogP contribution in [-0.2, 0) is 0 Å². The summed E-state index contributed by atoms with van der Waals surface area (Å²) >= 11 is 0. The van der Waals surface area contributed by atoms with E-state index in [0.717, 1.165) is 16.7 Å². The predicted molar refractivity (Wildman–Crippen MR) is 59.2 cm³/mol. The smallest absolute Gasteiger partial charge is 0.178 e. The molecule has 3 rings (SSSR count). The molecule has 0 fully saturated rings. The molecule has 0 radical (unpaired) electrons. The molecule has 0 aliphatic carbocycles. The number of pyridine rings is 1. The zero-order valence-electron chi connectivity index (χ0n) is 8.25. The Labute approximate surface area is 90.8 Å². The third kappa shape index (κ3) is 1.46. The summed E-state index contributed by atoms with van der Waals surface area (Å²) in [4.78, 5) is 12.1. The maximum atomic E-state index is 4.24. The molecular formula is C10H8N6. The highest BCUT2D eigenvalue weighted by atomic mass is 15.2. The van der Waals surface area contributed by atoms with Crippen LogP contribution in [0.15, 0.2) is 37.1 Å². The van der Waals surface area contributed by atoms with E-state index in [1.54, 1.807) is 18.6 Å². The molecule has 6 nitrogen and oxygen atoms in total. The van der Waals surface area contributed by atoms with E-state index in [1.165, 1.54) is 6.33 Å². The molecule has 0 aliphatic rings. The summed E-state index contributed by atoms with van der Waals surface area (Å²) in [5, 5.41) is 10.1. The largest absolute Gasteiger partial charge is 0.334 e. The maximum Gasteiger partial charge on any atom is 0.178 e. The molecule has 3 heterocycles. The average molecular weight is 212 g/mol. The van der Waals surface area contributed by atoms with E-state index < -0.39 is 0 Å². The Kier molecular flexibility index (Phi) is 1.96. The van der Waals surface area contributed by atoms with Crippen LogP contribution in [0.5, 0.6) is 0 Å². The van der Waals surface area contributed by atoms with Gasteiger partial charge in [-0.3, -0.25) is 10.1 Å². The summed E-state index contributed by atoms with van der Waals surface area (Å²) in [6, 6.07) is 3.78. The first-order valence-electron chi connectivity index (χ1n) is 4.74. The summed E-state index contributed by atoms with van der Waals surface area (Å²) in [7, 11) is 0. The highest BCUT2D eigenvalue weighted by Gasteiger charge is 2.05. The molecule has 0 unspecified atom stereocenters. The van der Waals surface area contributed by atoms with Gasteiger partial charge < -0.3 is 5.32 Å². The minimum Gasteiger partial charge on any atom is -0.334 e. The van der Waals surface area contributed by atoms with E-state index in [2.05, 4.69) is 30.5 Å². The van der Waals surface area contributed by atoms with Crippen molar-refractivity contribution in [2.75, 3.05) is 5.32 Å². The van der Waals surface area contributed by atoms with Crippen molar-refractivity contribution in [3.63, 3.8) is 0 Å². The van der Waals surface area contributed by atoms with Crippen molar-refractivity contribution in [2.24, 2.45) is 0 Å². The van der Waals surface area contributed by atoms with Crippen LogP contribution < -0.4 is 5.32 Å². The lowest BCUT2D eigenvalue weighted by Gasteiger charge is -2.00. The Morgan fingerprint density at radius 2 is 2.06 bits per heavy atom. The molecular weight excluding hydrogens is 204 g/mol. The Balaban J connectivity index is 2.01. The summed E-state index contributed by atoms with van der Waals surface area (Å²) in [6.07, 6.45) is 6.56. The molecule has 0 atom stereocenters. The van der Waals surface area contributed by atoms with Crippen molar-refractivity contribution < 1.29 is 0 Å². The lowest BCUT2D eigenvalue weighted by Crippen LogP contribution is -1.93. The van der Waals surface area contributed by atoms with Gasteiger partial charge in [0.25, 0.3) is 0 Å². The number of anilines is 2. The second kappa shape index (κ2) is 3.58. The fraction of sp³-hybridized carbons (Fsp3) is 0. The predicted octanol–water partition coefficient (Wildman–Crippen LogP) is 1.49. The van der Waals surface area contributed by atoms with E-state index in [4.69, 9.17) is 0 Å². The molecule has 16 heavy (non-hydrogen) atoms. The van der Waals surface area contributed by atoms with Crippen LogP contribution in [0, 0.1) is 0 Å². The van der Waals surface area contributed by atoms with Gasteiger partial charge in [-0.05, 0) is 12.1 Å². The van der Waals surface area contributed by atoms with E-state index in [0.29, 0.717) is 5.82 Å². The van der Waals surface area contributed by atoms with Crippen molar-refractivity contribution in [3.8, 4) is 0 Å². The van der Waals surface area contributed by atoms with Gasteiger partial charge >= 0.3 is 0 Å². The molecule has 0 aromatic carbocycles. The normalized spacial score (nSPS) is 10.5. The van der Waals surface area contributed by atoms with E-state index in [1.807, 2.05) is 12.1 Å². The molecule has 0 amide bonds. The summed E-state index contributed by atoms with van der Waals surface area (Å²) < 4.78 is 0. The van der Waals surface area contributed by atoms with Gasteiger partial charge in [0.2, 0.25) is 0 Å². The van der Waals surface area contributed by atoms with Gasteiger partial charge in [-0.1, -0.05) is 0 Å². The molecule has 3 aromatic heterocycles. The summed E-state index contributed by atoms with van der Waals surface area (Å²) in [6.45, 7) is 0. The second-order valence-electron chi connectivity index (χ2n) is 3.22. The van der Waals surface area contributed by atoms with Gasteiger partial charge in [-0.2, -0.15) is 5.10 Å². The van der Waals surface area contributed by atoms with Crippen LogP contribution in [-0.4, -0.2) is 25.1 Å². The first-order chi connectivity index (χ1) is 7.93. The van der Waals surface area contributed by atoms with Gasteiger partial charge in [-0.25, -0.2) is 9.97 Å². The van der Waals surface area contributed by atoms with Gasteiger partial charge in [0.15, 0.2) is 5.82 Å². The third-order valence-electron chi connectivity index (χ3n) is 2.14. The summed E-state index contributed by atoms with van der Waals surface area (Å²) in [5.41, 5.74) is 2.47. The average Bonchev–Trinajstić information content (AvgIpc) is 2.74. The van der Waals surface area contributed by atoms with Crippen LogP contribution >= 0.6 is 0 Å². The zero-order valence-corrected chi connectivity index (χ0v) is 8.25. The standard InChI is InChI=1S/C10H8N6/c1-2-8-9(13-3-1)10(16-15-8)14-7-4-11-6-12-5-7/h1-6H,(H2,14,15,16). The van der Waals surface area contributed by atoms with Gasteiger partial charge in [0.1, 0.15) is 11.8 Å². The Bertz CT molecular complexity index is 603. The van der Waals surface area contributed by atoms with Crippen LogP contribution in [0.4, 0.5) is 11.5 Å². The monoisotopic (exact) mass is 212 g/mol. The van der Waals surface area contributed by atoms with Crippen molar-refractivity contribution in [2.45, 2.75) is 0 Å². The topological polar surface area (TPSA) is 79.4 Å². The highest BCUT2D eigenvalue weighted by Crippen LogP contribution is 2.20. The number of aromatic amines is 1. The lowest BCUT2D eigenvalue weighted by atomic mass is 10.4. The summed E-state index contributed by atoms with van der Waals surface area (Å²) in [5.74, 6) is 0.672. The molecule has 3 aromatic rings. The molecule has 6 heteroatoms. The maximum absolute atomic E-state index is 4.24. The van der Waals surface area contributed by atoms with Crippen LogP contribution in [0.2, 0.25) is 0 Å². The number of nitrogens with zero attached hydrogens (tertiary/aromatic N) is 4. The quantitative estimate of drug-likeness (QED) is 0.672. The first kappa shape index (κ1) is 8.78. The third-order valence-corrected chi connectivity index (χ3v) is 2.14. The fourth-order valence-corrected chi connectivity index (χ4v) is 1.44. The fourth-order valence-electron chi connectivity index (χ4n) is 1.44. The van der Waals surface area contributed by atoms with Crippen LogP contribution in [0.1, 0.15) is 0 Å². The minimum absolute atomic E-state index is 0.672. The molecule has 0 saturated heterocycles. The van der Waals surface area contributed by atoms with Gasteiger partial charge in [0.05, 0.1) is 23.6 Å². The van der Waals surface area contributed by atoms with Crippen molar-refractivity contribution in [1.82, 2.24) is 25.1 Å². The SMILES string of the molecule is c1cnc2c(Nc3cncnc3)n[nH]c2c1. The molecule has 0 spiro atoms. The Hall–Kier alpha value is -2.50. The number of fused-ring (bicyclic) bond motifs is 1. The zero-order chi connectivity index (χ0) is 10.8. The van der Waals surface area contributed by atoms with Gasteiger partial charge in [0, 0.05) is 6.20 Å². The Morgan fingerprint density at radius 3 is 2.94 bits per heavy atom. The minimum atomic E-state index is 0.672. The number of aromatic nitrogens is 5. The number of hydrogen-bond donors (Lipinski definition) is 2. The van der Waals surface area contributed by atoms with Crippen molar-refractivity contribution >= 4 is 22.5 Å². The number of H-pyrrole nitrogens is 1. The van der Waals surface area contributed by atoms with Crippen molar-refractivity contribution in [3.05, 3.63) is 37.1 Å². The second-order valence-corrected chi connectivity index (χ2v) is 3.22. The molecule has 0 bridgehead atoms. The number of hydrogen-bond acceptors (Lipinski definition) is 5. The molecule has 0 saturated carbocycles. The van der Waals surface area contributed by atoms with Crippen molar-refractivity contribution in [1.29, 1.82) is 0 Å². The molecule has 0 aliphatic heterocycles. The van der Waals surface area contributed by atoms with Gasteiger partial charge in [-0.15, -0.1) is 0 Å². The lowest BCUT2D eigenvalue weighted by molar-refractivity contribution is 1.11. The number of rotatable bonds is 2. The first-order valence-corrected chi connectivity index (χ1v) is 4.74. The van der Waals surface area contributed by atoms with Crippen LogP contribution in [0.3, 0.4) is 0 Å². The van der Waals surface area contributed by atoms with E-state index in [-0.39, 0.29) is 0 Å². The molecule has 2 N–H and O–H groups in total. The van der Waals surface area contributed by atoms with E-state index in [9.17, 15) is 0 Å². The van der Waals surface area contributed by atoms with E-state index >= 15 is 0 Å². The number of nitrogens with one attached hydrogen (secondary N) is 2. The van der Waals surface area contributed by atoms with Crippen LogP contribution in [0.25, 0.3) is 11.0 Å². The highest BCUT2D eigenvalue weighted by molar-refractivity contribution is 5.87. The molecule has 78 valence electrons.